The summed E-state index contributed by atoms with van der Waals surface area (Å²) < 4.78 is 6.12. The van der Waals surface area contributed by atoms with Gasteiger partial charge in [0.2, 0.25) is 11.8 Å². The van der Waals surface area contributed by atoms with Gasteiger partial charge >= 0.3 is 0 Å². The van der Waals surface area contributed by atoms with Crippen molar-refractivity contribution in [3.05, 3.63) is 47.7 Å². The summed E-state index contributed by atoms with van der Waals surface area (Å²) in [4.78, 5) is 37.8. The average Bonchev–Trinajstić information content (AvgIpc) is 3.01. The molecule has 8 nitrogen and oxygen atoms in total. The van der Waals surface area contributed by atoms with Gasteiger partial charge < -0.3 is 25.2 Å². The lowest BCUT2D eigenvalue weighted by atomic mass is 9.93. The fourth-order valence-electron chi connectivity index (χ4n) is 6.76. The molecule has 2 saturated carbocycles. The van der Waals surface area contributed by atoms with Crippen molar-refractivity contribution in [2.45, 2.75) is 115 Å². The van der Waals surface area contributed by atoms with Gasteiger partial charge in [-0.3, -0.25) is 9.59 Å². The maximum absolute atomic E-state index is 13.6. The molecule has 3 aliphatic carbocycles. The first-order valence-corrected chi connectivity index (χ1v) is 15.7. The van der Waals surface area contributed by atoms with Gasteiger partial charge in [0, 0.05) is 57.2 Å². The largest absolute Gasteiger partial charge is 0.458 e. The summed E-state index contributed by atoms with van der Waals surface area (Å²) in [6, 6.07) is 6.02. The highest BCUT2D eigenvalue weighted by Gasteiger charge is 2.33. The zero-order valence-corrected chi connectivity index (χ0v) is 24.9. The van der Waals surface area contributed by atoms with E-state index in [4.69, 9.17) is 15.5 Å². The van der Waals surface area contributed by atoms with E-state index in [1.807, 2.05) is 53.1 Å². The van der Waals surface area contributed by atoms with Gasteiger partial charge in [-0.15, -0.1) is 0 Å². The van der Waals surface area contributed by atoms with Crippen LogP contribution in [-0.4, -0.2) is 64.7 Å². The Hall–Kier alpha value is -3.29. The lowest BCUT2D eigenvalue weighted by molar-refractivity contribution is -0.136. The van der Waals surface area contributed by atoms with Gasteiger partial charge in [-0.2, -0.15) is 0 Å². The number of fused-ring (bicyclic) bond motifs is 1. The molecule has 222 valence electrons. The van der Waals surface area contributed by atoms with Crippen LogP contribution in [0.2, 0.25) is 0 Å². The smallest absolute Gasteiger partial charge is 0.224 e. The third-order valence-electron chi connectivity index (χ3n) is 9.41. The highest BCUT2D eigenvalue weighted by Crippen LogP contribution is 2.33. The maximum Gasteiger partial charge on any atom is 0.224 e. The fraction of sp³-hybridized carbons (Fsp3) is 0.606. The number of hydrogen-bond donors (Lipinski definition) is 1. The number of guanidine groups is 1. The van der Waals surface area contributed by atoms with E-state index in [1.54, 1.807) is 0 Å². The number of allylic oxidation sites excluding steroid dienone is 3. The predicted molar refractivity (Wildman–Crippen MR) is 163 cm³/mol. The summed E-state index contributed by atoms with van der Waals surface area (Å²) in [5.74, 6) is 2.09. The minimum atomic E-state index is -0.377. The van der Waals surface area contributed by atoms with Crippen LogP contribution in [-0.2, 0) is 16.1 Å². The number of benzene rings is 1. The van der Waals surface area contributed by atoms with Crippen LogP contribution in [0.1, 0.15) is 95.5 Å². The van der Waals surface area contributed by atoms with Crippen molar-refractivity contribution in [3.8, 4) is 5.75 Å². The van der Waals surface area contributed by atoms with Crippen LogP contribution < -0.4 is 10.5 Å². The molecule has 1 aromatic carbocycles. The molecule has 2 amide bonds. The fourth-order valence-corrected chi connectivity index (χ4v) is 6.76. The summed E-state index contributed by atoms with van der Waals surface area (Å²) in [6.07, 6.45) is 20.0. The quantitative estimate of drug-likeness (QED) is 0.412. The number of nitrogens with two attached hydrogens (primary N) is 1. The van der Waals surface area contributed by atoms with Crippen molar-refractivity contribution >= 4 is 23.5 Å². The molecule has 0 atom stereocenters. The first-order valence-electron chi connectivity index (χ1n) is 15.7. The number of ether oxygens (including phenoxy) is 1. The van der Waals surface area contributed by atoms with Crippen LogP contribution in [0.5, 0.6) is 5.75 Å². The second kappa shape index (κ2) is 13.6. The molecule has 0 spiro atoms. The van der Waals surface area contributed by atoms with E-state index in [9.17, 15) is 9.59 Å². The van der Waals surface area contributed by atoms with Crippen molar-refractivity contribution in [2.75, 3.05) is 14.1 Å². The molecule has 5 rings (SSSR count). The van der Waals surface area contributed by atoms with E-state index in [2.05, 4.69) is 12.2 Å². The van der Waals surface area contributed by atoms with Crippen LogP contribution in [0.25, 0.3) is 0 Å². The number of carbonyl (C=O) groups is 2. The van der Waals surface area contributed by atoms with Gasteiger partial charge in [0.15, 0.2) is 5.96 Å². The Bertz CT molecular complexity index is 1140. The Kier molecular flexibility index (Phi) is 9.68. The summed E-state index contributed by atoms with van der Waals surface area (Å²) in [5.41, 5.74) is 8.32. The molecule has 0 aromatic heterocycles. The summed E-state index contributed by atoms with van der Waals surface area (Å²) in [5, 5.41) is 0. The van der Waals surface area contributed by atoms with E-state index < -0.39 is 0 Å². The summed E-state index contributed by atoms with van der Waals surface area (Å²) >= 11 is 0. The molecule has 2 N–H and O–H groups in total. The first-order chi connectivity index (χ1) is 19.9. The topological polar surface area (TPSA) is 91.5 Å². The number of hydrogen-bond acceptors (Lipinski definition) is 6. The van der Waals surface area contributed by atoms with Gasteiger partial charge in [-0.1, -0.05) is 44.6 Å². The summed E-state index contributed by atoms with van der Waals surface area (Å²) in [7, 11) is 3.85. The maximum atomic E-state index is 13.6. The van der Waals surface area contributed by atoms with Gasteiger partial charge in [0.25, 0.3) is 0 Å². The molecule has 1 aliphatic heterocycles. The van der Waals surface area contributed by atoms with Crippen LogP contribution in [0.3, 0.4) is 0 Å². The van der Waals surface area contributed by atoms with Crippen molar-refractivity contribution in [2.24, 2.45) is 10.7 Å². The average molecular weight is 562 g/mol. The molecule has 0 saturated heterocycles. The first kappa shape index (κ1) is 29.2. The van der Waals surface area contributed by atoms with Gasteiger partial charge in [-0.05, 0) is 68.9 Å². The Morgan fingerprint density at radius 2 is 1.56 bits per heavy atom. The number of nitrogens with zero attached hydrogens (tertiary/aromatic N) is 4. The van der Waals surface area contributed by atoms with Crippen molar-refractivity contribution in [3.63, 3.8) is 0 Å². The van der Waals surface area contributed by atoms with E-state index in [0.29, 0.717) is 12.5 Å². The molecule has 0 bridgehead atoms. The number of carbonyl (C=O) groups excluding carboxylic acids is 2. The third kappa shape index (κ3) is 7.32. The highest BCUT2D eigenvalue weighted by molar-refractivity contribution is 5.87. The Morgan fingerprint density at radius 3 is 2.12 bits per heavy atom. The molecule has 0 unspecified atom stereocenters. The standard InChI is InChI=1S/C33H47N5O3/c1-36(25-12-6-3-7-13-25)31(39)21-27(22-32(40)37(2)26-14-8-4-9-15-26)38-23-24-20-29(18-19-30(24)35-33(38)34)41-28-16-10-5-11-17-28/h10,16-20,25-27H,3-9,11-15,21-23H2,1-2H3,(H2,34,35). The number of rotatable bonds is 9. The van der Waals surface area contributed by atoms with Gasteiger partial charge in [0.1, 0.15) is 11.5 Å². The third-order valence-corrected chi connectivity index (χ3v) is 9.41. The van der Waals surface area contributed by atoms with E-state index >= 15 is 0 Å². The second-order valence-corrected chi connectivity index (χ2v) is 12.2. The molecular formula is C33H47N5O3. The minimum absolute atomic E-state index is 0.0710. The lowest BCUT2D eigenvalue weighted by Crippen LogP contribution is -2.51. The van der Waals surface area contributed by atoms with E-state index in [-0.39, 0.29) is 42.8 Å². The van der Waals surface area contributed by atoms with Crippen molar-refractivity contribution < 1.29 is 14.3 Å². The van der Waals surface area contributed by atoms with Gasteiger partial charge in [0.05, 0.1) is 5.69 Å². The van der Waals surface area contributed by atoms with E-state index in [1.165, 1.54) is 12.8 Å². The monoisotopic (exact) mass is 561 g/mol. The molecule has 2 fully saturated rings. The van der Waals surface area contributed by atoms with Gasteiger partial charge in [-0.25, -0.2) is 4.99 Å². The molecule has 1 aromatic rings. The predicted octanol–water partition coefficient (Wildman–Crippen LogP) is 5.79. The highest BCUT2D eigenvalue weighted by atomic mass is 16.5. The zero-order chi connectivity index (χ0) is 28.8. The number of aliphatic imine (C=N–C) groups is 1. The molecule has 0 radical (unpaired) electrons. The van der Waals surface area contributed by atoms with Crippen molar-refractivity contribution in [1.82, 2.24) is 14.7 Å². The second-order valence-electron chi connectivity index (χ2n) is 12.2. The molecular weight excluding hydrogens is 514 g/mol. The minimum Gasteiger partial charge on any atom is -0.458 e. The van der Waals surface area contributed by atoms with Crippen LogP contribution in [0.15, 0.2) is 47.2 Å². The summed E-state index contributed by atoms with van der Waals surface area (Å²) in [6.45, 7) is 0.474. The zero-order valence-electron chi connectivity index (χ0n) is 24.9. The van der Waals surface area contributed by atoms with Crippen molar-refractivity contribution in [1.29, 1.82) is 0 Å². The van der Waals surface area contributed by atoms with Crippen LogP contribution in [0, 0.1) is 0 Å². The molecule has 4 aliphatic rings. The normalized spacial score (nSPS) is 19.8. The SMILES string of the molecule is CN(C(=O)CC(CC(=O)N(C)C1CCCCC1)N1Cc2cc(OC3=CCCC=C3)ccc2N=C1N)C1CCCCC1. The molecule has 1 heterocycles. The lowest BCUT2D eigenvalue weighted by Gasteiger charge is -2.38. The Labute approximate surface area is 245 Å². The molecule has 41 heavy (non-hydrogen) atoms. The van der Waals surface area contributed by atoms with E-state index in [0.717, 1.165) is 87.0 Å². The van der Waals surface area contributed by atoms with Crippen LogP contribution in [0.4, 0.5) is 5.69 Å². The number of amides is 2. The van der Waals surface area contributed by atoms with Crippen LogP contribution >= 0.6 is 0 Å². The Balaban J connectivity index is 1.35. The Morgan fingerprint density at radius 1 is 0.951 bits per heavy atom. The molecule has 8 heteroatoms.